The van der Waals surface area contributed by atoms with Crippen LogP contribution in [0.2, 0.25) is 0 Å². The molecule has 3 saturated heterocycles. The second-order valence-electron chi connectivity index (χ2n) is 13.8. The molecule has 224 valence electrons. The van der Waals surface area contributed by atoms with Crippen LogP contribution in [0.25, 0.3) is 0 Å². The highest BCUT2D eigenvalue weighted by atomic mass is 16.6. The monoisotopic (exact) mass is 581 g/mol. The van der Waals surface area contributed by atoms with Gasteiger partial charge in [0.05, 0.1) is 18.2 Å². The minimum atomic E-state index is -0.915. The quantitative estimate of drug-likeness (QED) is 0.577. The number of ether oxygens (including phenoxy) is 1. The van der Waals surface area contributed by atoms with Crippen LogP contribution in [0, 0.1) is 17.2 Å². The Bertz CT molecular complexity index is 1470. The summed E-state index contributed by atoms with van der Waals surface area (Å²) >= 11 is 0. The van der Waals surface area contributed by atoms with Crippen LogP contribution < -0.4 is 5.32 Å². The maximum Gasteiger partial charge on any atom is 0.408 e. The number of fused-ring (bicyclic) bond motifs is 5. The molecule has 3 amide bonds. The standard InChI is InChI=1S/C34H39N5O4/c1-34(2,3)43-33(42)36-27(31(40)38-23(17-35)15-22-12-13-28(22)38)19-37-18-24-16-29(37)32(41)39(24)30-25-10-6-4-8-20(25)14-21-9-5-7-11-26(21)30/h4-11,22-24,27-30H,12-16,18-19H2,1-3H3,(H,36,42)/t22-,23?,24-,27?,28?,29?/m0/s1. The second kappa shape index (κ2) is 10.4. The van der Waals surface area contributed by atoms with Crippen LogP contribution in [-0.4, -0.2) is 81.5 Å². The summed E-state index contributed by atoms with van der Waals surface area (Å²) in [7, 11) is 0. The van der Waals surface area contributed by atoms with Crippen LogP contribution in [0.15, 0.2) is 48.5 Å². The molecule has 5 aliphatic rings. The van der Waals surface area contributed by atoms with Crippen LogP contribution >= 0.6 is 0 Å². The van der Waals surface area contributed by atoms with E-state index in [-0.39, 0.29) is 42.5 Å². The predicted molar refractivity (Wildman–Crippen MR) is 159 cm³/mol. The fraction of sp³-hybridized carbons (Fsp3) is 0.529. The van der Waals surface area contributed by atoms with Gasteiger partial charge in [-0.3, -0.25) is 14.5 Å². The van der Waals surface area contributed by atoms with Crippen molar-refractivity contribution in [2.45, 2.75) is 94.7 Å². The minimum absolute atomic E-state index is 0.00588. The Kier molecular flexibility index (Phi) is 6.73. The molecule has 9 heteroatoms. The van der Waals surface area contributed by atoms with Gasteiger partial charge in [0.15, 0.2) is 0 Å². The smallest absolute Gasteiger partial charge is 0.408 e. The van der Waals surface area contributed by atoms with Crippen molar-refractivity contribution in [3.63, 3.8) is 0 Å². The molecule has 1 N–H and O–H groups in total. The maximum atomic E-state index is 14.2. The number of likely N-dealkylation sites (tertiary alicyclic amines) is 3. The van der Waals surface area contributed by atoms with Crippen molar-refractivity contribution in [3.05, 3.63) is 70.8 Å². The summed E-state index contributed by atoms with van der Waals surface area (Å²) < 4.78 is 5.53. The first-order valence-corrected chi connectivity index (χ1v) is 15.6. The summed E-state index contributed by atoms with van der Waals surface area (Å²) in [6, 6.07) is 17.2. The van der Waals surface area contributed by atoms with Gasteiger partial charge in [-0.05, 0) is 81.0 Å². The number of amides is 3. The summed E-state index contributed by atoms with van der Waals surface area (Å²) in [6.45, 7) is 6.15. The van der Waals surface area contributed by atoms with E-state index in [9.17, 15) is 19.6 Å². The lowest BCUT2D eigenvalue weighted by atomic mass is 9.80. The van der Waals surface area contributed by atoms with Gasteiger partial charge in [0.25, 0.3) is 0 Å². The molecule has 7 rings (SSSR count). The van der Waals surface area contributed by atoms with Crippen molar-refractivity contribution in [1.29, 1.82) is 5.26 Å². The highest BCUT2D eigenvalue weighted by molar-refractivity contribution is 5.89. The van der Waals surface area contributed by atoms with E-state index in [1.807, 2.05) is 12.1 Å². The SMILES string of the molecule is CC(C)(C)OC(=O)NC(CN1C[C@@H]2CC1C(=O)N2C1c2ccccc2Cc2ccccc21)C(=O)N1C(C#N)C[C@@H]2CCC21. The van der Waals surface area contributed by atoms with Crippen LogP contribution in [0.5, 0.6) is 0 Å². The molecule has 2 bridgehead atoms. The van der Waals surface area contributed by atoms with Crippen molar-refractivity contribution in [1.82, 2.24) is 20.0 Å². The molecular weight excluding hydrogens is 542 g/mol. The topological polar surface area (TPSA) is 106 Å². The van der Waals surface area contributed by atoms with Gasteiger partial charge in [0, 0.05) is 25.2 Å². The lowest BCUT2D eigenvalue weighted by Gasteiger charge is -2.43. The van der Waals surface area contributed by atoms with Crippen LogP contribution in [0.4, 0.5) is 4.79 Å². The molecule has 2 aliphatic carbocycles. The molecule has 4 unspecified atom stereocenters. The van der Waals surface area contributed by atoms with E-state index < -0.39 is 23.8 Å². The van der Waals surface area contributed by atoms with Crippen LogP contribution in [-0.2, 0) is 20.7 Å². The van der Waals surface area contributed by atoms with Gasteiger partial charge >= 0.3 is 6.09 Å². The Morgan fingerprint density at radius 3 is 2.30 bits per heavy atom. The third kappa shape index (κ3) is 4.76. The van der Waals surface area contributed by atoms with Crippen molar-refractivity contribution in [3.8, 4) is 6.07 Å². The molecule has 4 fully saturated rings. The molecule has 0 aromatic heterocycles. The maximum absolute atomic E-state index is 14.2. The number of hydrogen-bond donors (Lipinski definition) is 1. The summed E-state index contributed by atoms with van der Waals surface area (Å²) in [5.41, 5.74) is 4.13. The van der Waals surface area contributed by atoms with Gasteiger partial charge in [0.2, 0.25) is 11.8 Å². The molecule has 2 aromatic carbocycles. The molecule has 1 saturated carbocycles. The van der Waals surface area contributed by atoms with Gasteiger partial charge in [-0.25, -0.2) is 4.79 Å². The van der Waals surface area contributed by atoms with Crippen LogP contribution in [0.3, 0.4) is 0 Å². The van der Waals surface area contributed by atoms with Gasteiger partial charge < -0.3 is 19.9 Å². The fourth-order valence-electron chi connectivity index (χ4n) is 8.13. The third-order valence-corrected chi connectivity index (χ3v) is 10.1. The van der Waals surface area contributed by atoms with E-state index in [0.717, 1.165) is 19.3 Å². The molecule has 9 nitrogen and oxygen atoms in total. The number of nitrogens with one attached hydrogen (secondary N) is 1. The normalized spacial score (nSPS) is 28.4. The zero-order valence-electron chi connectivity index (χ0n) is 25.0. The average Bonchev–Trinajstić information content (AvgIpc) is 3.58. The Morgan fingerprint density at radius 1 is 1.05 bits per heavy atom. The number of carbonyl (C=O) groups is 3. The summed E-state index contributed by atoms with van der Waals surface area (Å²) in [4.78, 5) is 47.0. The summed E-state index contributed by atoms with van der Waals surface area (Å²) in [6.07, 6.45) is 3.44. The molecular formula is C34H39N5O4. The lowest BCUT2D eigenvalue weighted by Crippen LogP contribution is -2.60. The minimum Gasteiger partial charge on any atom is -0.444 e. The largest absolute Gasteiger partial charge is 0.444 e. The van der Waals surface area contributed by atoms with Crippen molar-refractivity contribution < 1.29 is 19.1 Å². The number of alkyl carbamates (subject to hydrolysis) is 1. The third-order valence-electron chi connectivity index (χ3n) is 10.1. The number of nitrogens with zero attached hydrogens (tertiary/aromatic N) is 4. The number of piperazine rings is 1. The molecule has 0 radical (unpaired) electrons. The fourth-order valence-corrected chi connectivity index (χ4v) is 8.13. The van der Waals surface area contributed by atoms with Crippen molar-refractivity contribution >= 4 is 17.9 Å². The molecule has 3 heterocycles. The van der Waals surface area contributed by atoms with Crippen molar-refractivity contribution in [2.24, 2.45) is 5.92 Å². The summed E-state index contributed by atoms with van der Waals surface area (Å²) in [5, 5.41) is 12.7. The Balaban J connectivity index is 1.14. The number of rotatable bonds is 5. The molecule has 3 aliphatic heterocycles. The lowest BCUT2D eigenvalue weighted by molar-refractivity contribution is -0.142. The molecule has 43 heavy (non-hydrogen) atoms. The average molecular weight is 582 g/mol. The highest BCUT2D eigenvalue weighted by Gasteiger charge is 2.55. The highest BCUT2D eigenvalue weighted by Crippen LogP contribution is 2.46. The second-order valence-corrected chi connectivity index (χ2v) is 13.8. The first kappa shape index (κ1) is 27.9. The number of benzene rings is 2. The summed E-state index contributed by atoms with van der Waals surface area (Å²) in [5.74, 6) is 0.146. The van der Waals surface area contributed by atoms with E-state index in [4.69, 9.17) is 4.74 Å². The van der Waals surface area contributed by atoms with Gasteiger partial charge in [0.1, 0.15) is 17.7 Å². The Labute approximate surface area is 252 Å². The van der Waals surface area contributed by atoms with Crippen LogP contribution in [0.1, 0.15) is 74.8 Å². The number of hydrogen-bond acceptors (Lipinski definition) is 6. The van der Waals surface area contributed by atoms with Gasteiger partial charge in [-0.2, -0.15) is 5.26 Å². The number of carbonyl (C=O) groups excluding carboxylic acids is 3. The van der Waals surface area contributed by atoms with E-state index in [0.29, 0.717) is 25.3 Å². The van der Waals surface area contributed by atoms with Gasteiger partial charge in [-0.15, -0.1) is 0 Å². The van der Waals surface area contributed by atoms with E-state index in [1.54, 1.807) is 25.7 Å². The molecule has 0 spiro atoms. The zero-order valence-corrected chi connectivity index (χ0v) is 25.0. The molecule has 6 atom stereocenters. The zero-order chi connectivity index (χ0) is 30.0. The molecule has 2 aromatic rings. The van der Waals surface area contributed by atoms with E-state index >= 15 is 0 Å². The first-order valence-electron chi connectivity index (χ1n) is 15.6. The Hall–Kier alpha value is -3.90. The van der Waals surface area contributed by atoms with Crippen molar-refractivity contribution in [2.75, 3.05) is 13.1 Å². The van der Waals surface area contributed by atoms with E-state index in [1.165, 1.54) is 22.3 Å². The Morgan fingerprint density at radius 2 is 1.72 bits per heavy atom. The first-order chi connectivity index (χ1) is 20.6. The number of nitriles is 1. The van der Waals surface area contributed by atoms with E-state index in [2.05, 4.69) is 57.6 Å². The predicted octanol–water partition coefficient (Wildman–Crippen LogP) is 3.76. The van der Waals surface area contributed by atoms with Gasteiger partial charge in [-0.1, -0.05) is 48.5 Å².